The molecule has 0 spiro atoms. The van der Waals surface area contributed by atoms with Gasteiger partial charge in [0.2, 0.25) is 5.91 Å². The molecule has 0 aliphatic heterocycles. The summed E-state index contributed by atoms with van der Waals surface area (Å²) in [6.45, 7) is -1.03. The van der Waals surface area contributed by atoms with Gasteiger partial charge in [0.15, 0.2) is 0 Å². The third-order valence-corrected chi connectivity index (χ3v) is 3.79. The molecule has 1 N–H and O–H groups in total. The summed E-state index contributed by atoms with van der Waals surface area (Å²) in [5, 5.41) is 2.40. The molecule has 4 nitrogen and oxygen atoms in total. The molecule has 1 amide bonds. The summed E-state index contributed by atoms with van der Waals surface area (Å²) in [4.78, 5) is 13.9. The van der Waals surface area contributed by atoms with Crippen LogP contribution in [0.3, 0.4) is 0 Å². The van der Waals surface area contributed by atoms with Crippen LogP contribution in [-0.4, -0.2) is 30.5 Å². The molecule has 2 rings (SSSR count). The van der Waals surface area contributed by atoms with Crippen LogP contribution in [0.5, 0.6) is 5.75 Å². The largest absolute Gasteiger partial charge is 0.435 e. The minimum atomic E-state index is -2.92. The van der Waals surface area contributed by atoms with Gasteiger partial charge in [0.25, 0.3) is 0 Å². The molecule has 8 heteroatoms. The number of nitrogens with one attached hydrogen (secondary N) is 1. The third-order valence-electron chi connectivity index (χ3n) is 3.79. The van der Waals surface area contributed by atoms with Crippen LogP contribution < -0.4 is 10.1 Å². The van der Waals surface area contributed by atoms with Crippen molar-refractivity contribution in [3.8, 4) is 5.75 Å². The molecule has 26 heavy (non-hydrogen) atoms. The molecule has 0 aliphatic carbocycles. The Morgan fingerprint density at radius 3 is 2.58 bits per heavy atom. The van der Waals surface area contributed by atoms with Crippen LogP contribution in [0.2, 0.25) is 0 Å². The molecule has 0 heterocycles. The number of rotatable bonds is 7. The van der Waals surface area contributed by atoms with Crippen molar-refractivity contribution in [3.05, 3.63) is 59.7 Å². The quantitative estimate of drug-likeness (QED) is 0.749. The summed E-state index contributed by atoms with van der Waals surface area (Å²) in [7, 11) is 1.66. The monoisotopic (exact) mass is 370 g/mol. The van der Waals surface area contributed by atoms with E-state index in [4.69, 9.17) is 0 Å². The Morgan fingerprint density at radius 1 is 1.19 bits per heavy atom. The van der Waals surface area contributed by atoms with E-state index >= 15 is 0 Å². The highest BCUT2D eigenvalue weighted by Gasteiger charge is 2.20. The summed E-state index contributed by atoms with van der Waals surface area (Å²) < 4.78 is 55.4. The molecule has 140 valence electrons. The molecule has 2 aromatic carbocycles. The number of nitrogens with zero attached hydrogens (tertiary/aromatic N) is 1. The van der Waals surface area contributed by atoms with Gasteiger partial charge in [-0.3, -0.25) is 9.69 Å². The van der Waals surface area contributed by atoms with E-state index in [1.165, 1.54) is 12.1 Å². The third kappa shape index (κ3) is 5.45. The first-order valence-electron chi connectivity index (χ1n) is 7.76. The van der Waals surface area contributed by atoms with Crippen LogP contribution in [0, 0.1) is 11.6 Å². The van der Waals surface area contributed by atoms with Crippen LogP contribution >= 0.6 is 0 Å². The van der Waals surface area contributed by atoms with Gasteiger partial charge in [0.05, 0.1) is 11.7 Å². The zero-order valence-corrected chi connectivity index (χ0v) is 14.2. The number of carbonyl (C=O) groups excluding carboxylic acids is 1. The second kappa shape index (κ2) is 8.66. The SMILES string of the molecule is CC(C(=O)Nc1ccc(F)cc1F)N(C)Cc1cccc(OC(F)F)c1. The predicted octanol–water partition coefficient (Wildman–Crippen LogP) is 4.03. The molecular formula is C18H18F4N2O2. The van der Waals surface area contributed by atoms with Crippen molar-refractivity contribution in [2.24, 2.45) is 0 Å². The van der Waals surface area contributed by atoms with E-state index in [0.29, 0.717) is 11.6 Å². The van der Waals surface area contributed by atoms with Crippen molar-refractivity contribution in [2.45, 2.75) is 26.1 Å². The van der Waals surface area contributed by atoms with Crippen molar-refractivity contribution >= 4 is 11.6 Å². The Labute approximate surface area is 148 Å². The molecule has 0 fully saturated rings. The predicted molar refractivity (Wildman–Crippen MR) is 89.0 cm³/mol. The highest BCUT2D eigenvalue weighted by Crippen LogP contribution is 2.19. The lowest BCUT2D eigenvalue weighted by atomic mass is 10.1. The van der Waals surface area contributed by atoms with E-state index in [2.05, 4.69) is 10.1 Å². The number of likely N-dealkylation sites (N-methyl/N-ethyl adjacent to an activating group) is 1. The van der Waals surface area contributed by atoms with Crippen LogP contribution in [0.4, 0.5) is 23.2 Å². The van der Waals surface area contributed by atoms with Gasteiger partial charge in [-0.15, -0.1) is 0 Å². The number of anilines is 1. The number of ether oxygens (including phenoxy) is 1. The first-order chi connectivity index (χ1) is 12.3. The van der Waals surface area contributed by atoms with E-state index in [1.54, 1.807) is 31.0 Å². The fourth-order valence-electron chi connectivity index (χ4n) is 2.27. The first kappa shape index (κ1) is 19.7. The molecule has 0 saturated heterocycles. The Morgan fingerprint density at radius 2 is 1.92 bits per heavy atom. The number of benzene rings is 2. The van der Waals surface area contributed by atoms with Gasteiger partial charge in [0, 0.05) is 12.6 Å². The lowest BCUT2D eigenvalue weighted by Gasteiger charge is -2.24. The van der Waals surface area contributed by atoms with Crippen molar-refractivity contribution in [3.63, 3.8) is 0 Å². The van der Waals surface area contributed by atoms with Gasteiger partial charge in [-0.2, -0.15) is 8.78 Å². The van der Waals surface area contributed by atoms with E-state index in [-0.39, 0.29) is 18.0 Å². The number of hydrogen-bond acceptors (Lipinski definition) is 3. The van der Waals surface area contributed by atoms with Gasteiger partial charge < -0.3 is 10.1 Å². The van der Waals surface area contributed by atoms with Gasteiger partial charge in [-0.05, 0) is 43.8 Å². The number of carbonyl (C=O) groups is 1. The maximum absolute atomic E-state index is 13.6. The van der Waals surface area contributed by atoms with Gasteiger partial charge in [-0.25, -0.2) is 8.78 Å². The standard InChI is InChI=1S/C18H18F4N2O2/c1-11(17(25)23-16-7-6-13(19)9-15(16)20)24(2)10-12-4-3-5-14(8-12)26-18(21)22/h3-9,11,18H,10H2,1-2H3,(H,23,25). The number of amides is 1. The second-order valence-corrected chi connectivity index (χ2v) is 5.73. The minimum absolute atomic E-state index is 0.0244. The number of halogens is 4. The Balaban J connectivity index is 2.00. The van der Waals surface area contributed by atoms with Crippen LogP contribution in [-0.2, 0) is 11.3 Å². The van der Waals surface area contributed by atoms with Crippen LogP contribution in [0.15, 0.2) is 42.5 Å². The zero-order valence-electron chi connectivity index (χ0n) is 14.2. The summed E-state index contributed by atoms with van der Waals surface area (Å²) >= 11 is 0. The molecule has 0 saturated carbocycles. The zero-order chi connectivity index (χ0) is 19.3. The van der Waals surface area contributed by atoms with Gasteiger partial charge >= 0.3 is 6.61 Å². The molecule has 1 atom stereocenters. The van der Waals surface area contributed by atoms with Crippen molar-refractivity contribution in [1.29, 1.82) is 0 Å². The molecule has 0 aliphatic rings. The molecule has 0 radical (unpaired) electrons. The fourth-order valence-corrected chi connectivity index (χ4v) is 2.27. The van der Waals surface area contributed by atoms with E-state index in [1.807, 2.05) is 0 Å². The number of hydrogen-bond donors (Lipinski definition) is 1. The minimum Gasteiger partial charge on any atom is -0.435 e. The normalized spacial score (nSPS) is 12.3. The molecule has 2 aromatic rings. The topological polar surface area (TPSA) is 41.6 Å². The van der Waals surface area contributed by atoms with Gasteiger partial charge in [0.1, 0.15) is 17.4 Å². The van der Waals surface area contributed by atoms with Gasteiger partial charge in [-0.1, -0.05) is 12.1 Å². The fraction of sp³-hybridized carbons (Fsp3) is 0.278. The van der Waals surface area contributed by atoms with Crippen LogP contribution in [0.25, 0.3) is 0 Å². The highest BCUT2D eigenvalue weighted by molar-refractivity contribution is 5.94. The van der Waals surface area contributed by atoms with E-state index < -0.39 is 30.2 Å². The lowest BCUT2D eigenvalue weighted by Crippen LogP contribution is -2.39. The second-order valence-electron chi connectivity index (χ2n) is 5.73. The molecule has 1 unspecified atom stereocenters. The summed E-state index contributed by atoms with van der Waals surface area (Å²) in [6, 6.07) is 8.34. The summed E-state index contributed by atoms with van der Waals surface area (Å²) in [6.07, 6.45) is 0. The average molecular weight is 370 g/mol. The smallest absolute Gasteiger partial charge is 0.387 e. The van der Waals surface area contributed by atoms with Crippen molar-refractivity contribution in [1.82, 2.24) is 4.90 Å². The maximum Gasteiger partial charge on any atom is 0.387 e. The Bertz CT molecular complexity index is 771. The van der Waals surface area contributed by atoms with E-state index in [0.717, 1.165) is 12.1 Å². The molecular weight excluding hydrogens is 352 g/mol. The Kier molecular flexibility index (Phi) is 6.57. The average Bonchev–Trinajstić information content (AvgIpc) is 2.56. The Hall–Kier alpha value is -2.61. The first-order valence-corrected chi connectivity index (χ1v) is 7.76. The highest BCUT2D eigenvalue weighted by atomic mass is 19.3. The number of alkyl halides is 2. The molecule has 0 bridgehead atoms. The van der Waals surface area contributed by atoms with Crippen LogP contribution in [0.1, 0.15) is 12.5 Å². The van der Waals surface area contributed by atoms with Crippen molar-refractivity contribution in [2.75, 3.05) is 12.4 Å². The summed E-state index contributed by atoms with van der Waals surface area (Å²) in [5.41, 5.74) is 0.544. The van der Waals surface area contributed by atoms with E-state index in [9.17, 15) is 22.4 Å². The lowest BCUT2D eigenvalue weighted by molar-refractivity contribution is -0.120. The maximum atomic E-state index is 13.6. The molecule has 0 aromatic heterocycles. The summed E-state index contributed by atoms with van der Waals surface area (Å²) in [5.74, 6) is -2.07. The van der Waals surface area contributed by atoms with Crippen molar-refractivity contribution < 1.29 is 27.1 Å².